The number of aromatic hydroxyl groups is 2. The number of rotatable bonds is 10. The van der Waals surface area contributed by atoms with E-state index in [1.54, 1.807) is 67.6 Å². The Kier molecular flexibility index (Phi) is 11.6. The van der Waals surface area contributed by atoms with Gasteiger partial charge in [0, 0.05) is 24.1 Å². The molecular formula is C31H37IN4O6. The van der Waals surface area contributed by atoms with Crippen molar-refractivity contribution in [2.75, 3.05) is 32.1 Å². The minimum atomic E-state index is -0.866. The van der Waals surface area contributed by atoms with Gasteiger partial charge >= 0.3 is 12.0 Å². The van der Waals surface area contributed by atoms with Gasteiger partial charge in [-0.2, -0.15) is 0 Å². The molecule has 3 atom stereocenters. The summed E-state index contributed by atoms with van der Waals surface area (Å²) >= 11 is 0. The lowest BCUT2D eigenvalue weighted by atomic mass is 10.0. The minimum Gasteiger partial charge on any atom is -1.00 e. The third-order valence-corrected chi connectivity index (χ3v) is 7.18. The Balaban J connectivity index is 0.00000484. The number of phenolic OH excluding ortho intramolecular Hbond substituents is 2. The second kappa shape index (κ2) is 14.9. The van der Waals surface area contributed by atoms with Crippen molar-refractivity contribution in [2.45, 2.75) is 38.4 Å². The van der Waals surface area contributed by atoms with E-state index in [0.29, 0.717) is 11.3 Å². The molecule has 0 bridgehead atoms. The fourth-order valence-corrected chi connectivity index (χ4v) is 5.09. The number of quaternary nitrogens is 1. The van der Waals surface area contributed by atoms with E-state index in [1.165, 1.54) is 0 Å². The van der Waals surface area contributed by atoms with Gasteiger partial charge in [0.25, 0.3) is 0 Å². The van der Waals surface area contributed by atoms with Crippen molar-refractivity contribution in [3.05, 3.63) is 89.5 Å². The molecular weight excluding hydrogens is 651 g/mol. The number of carbonyl (C=O) groups excluding carboxylic acids is 3. The summed E-state index contributed by atoms with van der Waals surface area (Å²) in [5.41, 5.74) is 2.71. The summed E-state index contributed by atoms with van der Waals surface area (Å²) < 4.78 is 5.73. The molecule has 0 radical (unpaired) electrons. The van der Waals surface area contributed by atoms with E-state index in [9.17, 15) is 24.6 Å². The number of phenols is 2. The number of hydrogen-bond donors (Lipinski definition) is 5. The molecule has 1 aliphatic heterocycles. The highest BCUT2D eigenvalue weighted by atomic mass is 127. The number of halogens is 1. The van der Waals surface area contributed by atoms with Crippen molar-refractivity contribution in [3.63, 3.8) is 0 Å². The van der Waals surface area contributed by atoms with Gasteiger partial charge in [-0.15, -0.1) is 0 Å². The van der Waals surface area contributed by atoms with Crippen LogP contribution in [0.5, 0.6) is 11.5 Å². The topological polar surface area (TPSA) is 137 Å². The number of amides is 3. The summed E-state index contributed by atoms with van der Waals surface area (Å²) in [7, 11) is 2.14. The highest BCUT2D eigenvalue weighted by Gasteiger charge is 2.36. The van der Waals surface area contributed by atoms with Crippen molar-refractivity contribution in [3.8, 4) is 11.5 Å². The number of urea groups is 1. The average Bonchev–Trinajstić information content (AvgIpc) is 3.31. The van der Waals surface area contributed by atoms with Gasteiger partial charge in [0.1, 0.15) is 24.1 Å². The average molecular weight is 689 g/mol. The minimum absolute atomic E-state index is 0. The number of esters is 1. The van der Waals surface area contributed by atoms with Gasteiger partial charge in [0.15, 0.2) is 0 Å². The highest BCUT2D eigenvalue weighted by molar-refractivity contribution is 5.95. The molecule has 224 valence electrons. The van der Waals surface area contributed by atoms with Gasteiger partial charge in [0.05, 0.1) is 38.3 Å². The Morgan fingerprint density at radius 3 is 2.12 bits per heavy atom. The molecule has 1 unspecified atom stereocenters. The molecule has 3 aromatic rings. The maximum absolute atomic E-state index is 13.5. The molecule has 1 saturated heterocycles. The van der Waals surface area contributed by atoms with Crippen LogP contribution < -0.4 is 39.9 Å². The fourth-order valence-electron chi connectivity index (χ4n) is 5.09. The number of carbonyl (C=O) groups is 3. The monoisotopic (exact) mass is 688 g/mol. The number of likely N-dealkylation sites (N-methyl/N-ethyl adjacent to an activating group) is 1. The standard InChI is InChI=1S/C31H36N4O6.HI/c1-3-41-30(39)23-8-10-24(11-9-23)33-31(40)34-28(18-21-4-12-26(36)13-5-21)29(38)32-25-16-17-35(2,20-25)19-22-6-14-27(37)15-7-22;/h4-15,25,28H,3,16-20H2,1-2H3,(H4-,32,33,34,36,37,38,39,40);1H/t25-,28-,35?;/m0./s1. The van der Waals surface area contributed by atoms with Crippen LogP contribution in [0.15, 0.2) is 72.8 Å². The molecule has 0 spiro atoms. The molecule has 1 heterocycles. The zero-order valence-electron chi connectivity index (χ0n) is 23.7. The fraction of sp³-hybridized carbons (Fsp3) is 0.323. The largest absolute Gasteiger partial charge is 1.00 e. The lowest BCUT2D eigenvalue weighted by molar-refractivity contribution is -0.911. The zero-order chi connectivity index (χ0) is 29.4. The van der Waals surface area contributed by atoms with Gasteiger partial charge in [-0.05, 0) is 73.2 Å². The normalized spacial score (nSPS) is 18.3. The van der Waals surface area contributed by atoms with Crippen molar-refractivity contribution in [1.82, 2.24) is 10.6 Å². The Morgan fingerprint density at radius 2 is 1.52 bits per heavy atom. The summed E-state index contributed by atoms with van der Waals surface area (Å²) in [5.74, 6) is -0.399. The summed E-state index contributed by atoms with van der Waals surface area (Å²) in [6, 6.07) is 18.5. The van der Waals surface area contributed by atoms with Crippen molar-refractivity contribution < 1.29 is 57.8 Å². The molecule has 42 heavy (non-hydrogen) atoms. The Bertz CT molecular complexity index is 1350. The summed E-state index contributed by atoms with van der Waals surface area (Å²) in [6.45, 7) is 4.38. The van der Waals surface area contributed by atoms with Gasteiger partial charge in [-0.1, -0.05) is 12.1 Å². The number of hydrogen-bond acceptors (Lipinski definition) is 6. The van der Waals surface area contributed by atoms with Crippen LogP contribution in [0.25, 0.3) is 0 Å². The van der Waals surface area contributed by atoms with Crippen molar-refractivity contribution in [2.24, 2.45) is 0 Å². The predicted molar refractivity (Wildman–Crippen MR) is 154 cm³/mol. The first-order chi connectivity index (χ1) is 19.6. The molecule has 0 aliphatic carbocycles. The predicted octanol–water partition coefficient (Wildman–Crippen LogP) is 0.547. The first-order valence-corrected chi connectivity index (χ1v) is 13.7. The number of benzene rings is 3. The maximum Gasteiger partial charge on any atom is 0.338 e. The Labute approximate surface area is 262 Å². The van der Waals surface area contributed by atoms with Gasteiger partial charge < -0.3 is 59.4 Å². The highest BCUT2D eigenvalue weighted by Crippen LogP contribution is 2.23. The van der Waals surface area contributed by atoms with Gasteiger partial charge in [-0.25, -0.2) is 9.59 Å². The van der Waals surface area contributed by atoms with E-state index < -0.39 is 18.0 Å². The maximum atomic E-state index is 13.5. The molecule has 3 amide bonds. The third-order valence-electron chi connectivity index (χ3n) is 7.18. The molecule has 1 aliphatic rings. The van der Waals surface area contributed by atoms with Crippen LogP contribution in [0.2, 0.25) is 0 Å². The molecule has 1 fully saturated rings. The number of likely N-dealkylation sites (tertiary alicyclic amines) is 1. The van der Waals surface area contributed by atoms with E-state index in [0.717, 1.165) is 41.7 Å². The van der Waals surface area contributed by atoms with E-state index in [1.807, 2.05) is 12.1 Å². The molecule has 4 rings (SSSR count). The quantitative estimate of drug-likeness (QED) is 0.120. The van der Waals surface area contributed by atoms with Gasteiger partial charge in [-0.3, -0.25) is 4.79 Å². The SMILES string of the molecule is CCOC(=O)c1ccc(NC(=O)N[C@@H](Cc2ccc(O)cc2)C(=O)N[C@H]2CC[N+](C)(Cc3ccc(O)cc3)C2)cc1.[I-]. The second-order valence-corrected chi connectivity index (χ2v) is 10.7. The molecule has 10 nitrogen and oxygen atoms in total. The molecule has 5 N–H and O–H groups in total. The van der Waals surface area contributed by atoms with E-state index in [-0.39, 0.29) is 60.5 Å². The van der Waals surface area contributed by atoms with Crippen molar-refractivity contribution in [1.29, 1.82) is 0 Å². The van der Waals surface area contributed by atoms with Crippen molar-refractivity contribution >= 4 is 23.6 Å². The van der Waals surface area contributed by atoms with Crippen LogP contribution in [-0.2, 0) is 22.5 Å². The van der Waals surface area contributed by atoms with Crippen LogP contribution in [0, 0.1) is 0 Å². The number of ether oxygens (including phenoxy) is 1. The van der Waals surface area contributed by atoms with Crippen LogP contribution in [0.1, 0.15) is 34.8 Å². The molecule has 0 saturated carbocycles. The molecule has 11 heteroatoms. The zero-order valence-corrected chi connectivity index (χ0v) is 25.8. The lowest BCUT2D eigenvalue weighted by Crippen LogP contribution is -3.00. The van der Waals surface area contributed by atoms with Gasteiger partial charge in [0.2, 0.25) is 5.91 Å². The first-order valence-electron chi connectivity index (χ1n) is 13.7. The molecule has 3 aromatic carbocycles. The van der Waals surface area contributed by atoms with Crippen LogP contribution >= 0.6 is 0 Å². The molecule has 0 aromatic heterocycles. The number of anilines is 1. The van der Waals surface area contributed by atoms with Crippen LogP contribution in [0.3, 0.4) is 0 Å². The van der Waals surface area contributed by atoms with E-state index in [2.05, 4.69) is 23.0 Å². The van der Waals surface area contributed by atoms with E-state index in [4.69, 9.17) is 4.74 Å². The lowest BCUT2D eigenvalue weighted by Gasteiger charge is -2.30. The second-order valence-electron chi connectivity index (χ2n) is 10.7. The number of nitrogens with zero attached hydrogens (tertiary/aromatic N) is 1. The smallest absolute Gasteiger partial charge is 0.338 e. The first kappa shape index (κ1) is 32.7. The van der Waals surface area contributed by atoms with E-state index >= 15 is 0 Å². The van der Waals surface area contributed by atoms with Crippen LogP contribution in [-0.4, -0.2) is 71.4 Å². The summed E-state index contributed by atoms with van der Waals surface area (Å²) in [4.78, 5) is 38.2. The Hall–Kier alpha value is -3.84. The number of nitrogens with one attached hydrogen (secondary N) is 3. The summed E-state index contributed by atoms with van der Waals surface area (Å²) in [6.07, 6.45) is 1.03. The Morgan fingerprint density at radius 1 is 0.929 bits per heavy atom. The van der Waals surface area contributed by atoms with Crippen LogP contribution in [0.4, 0.5) is 10.5 Å². The third kappa shape index (κ3) is 9.35. The summed E-state index contributed by atoms with van der Waals surface area (Å²) in [5, 5.41) is 27.8.